The van der Waals surface area contributed by atoms with Crippen molar-refractivity contribution in [3.8, 4) is 11.5 Å². The van der Waals surface area contributed by atoms with Gasteiger partial charge in [-0.05, 0) is 24.3 Å². The van der Waals surface area contributed by atoms with Crippen LogP contribution in [0, 0.1) is 0 Å². The lowest BCUT2D eigenvalue weighted by atomic mass is 10.3. The summed E-state index contributed by atoms with van der Waals surface area (Å²) in [5.74, 6) is 1.29. The van der Waals surface area contributed by atoms with E-state index in [2.05, 4.69) is 10.3 Å². The predicted octanol–water partition coefficient (Wildman–Crippen LogP) is 2.53. The van der Waals surface area contributed by atoms with Crippen molar-refractivity contribution in [3.05, 3.63) is 54.4 Å². The van der Waals surface area contributed by atoms with Gasteiger partial charge in [-0.2, -0.15) is 0 Å². The van der Waals surface area contributed by atoms with Gasteiger partial charge in [0.05, 0.1) is 13.7 Å². The Hall–Kier alpha value is -3.02. The number of carbonyl (C=O) groups excluding carboxylic acids is 1. The zero-order valence-corrected chi connectivity index (χ0v) is 12.6. The highest BCUT2D eigenvalue weighted by atomic mass is 16.5. The van der Waals surface area contributed by atoms with E-state index < -0.39 is 0 Å². The van der Waals surface area contributed by atoms with Crippen LogP contribution in [0.5, 0.6) is 11.5 Å². The van der Waals surface area contributed by atoms with Gasteiger partial charge in [-0.25, -0.2) is 4.98 Å². The lowest BCUT2D eigenvalue weighted by molar-refractivity contribution is -0.123. The Morgan fingerprint density at radius 3 is 2.65 bits per heavy atom. The van der Waals surface area contributed by atoms with Gasteiger partial charge >= 0.3 is 0 Å². The molecular weight excluding hydrogens is 296 g/mol. The van der Waals surface area contributed by atoms with Crippen molar-refractivity contribution in [2.45, 2.75) is 6.54 Å². The molecule has 0 saturated carbocycles. The molecule has 0 radical (unpaired) electrons. The molecule has 23 heavy (non-hydrogen) atoms. The molecular formula is C17H16N2O4. The summed E-state index contributed by atoms with van der Waals surface area (Å²) >= 11 is 0. The van der Waals surface area contributed by atoms with Crippen LogP contribution in [-0.2, 0) is 11.3 Å². The first-order valence-electron chi connectivity index (χ1n) is 7.13. The number of aromatic nitrogens is 1. The molecule has 118 valence electrons. The van der Waals surface area contributed by atoms with Gasteiger partial charge in [-0.15, -0.1) is 0 Å². The molecule has 0 unspecified atom stereocenters. The maximum Gasteiger partial charge on any atom is 0.258 e. The standard InChI is InChI=1S/C17H16N2O4/c1-21-14-8-4-5-9-15(14)22-11-16(20)18-10-17-19-12-6-2-3-7-13(12)23-17/h2-9H,10-11H2,1H3,(H,18,20). The van der Waals surface area contributed by atoms with Crippen molar-refractivity contribution < 1.29 is 18.7 Å². The van der Waals surface area contributed by atoms with Crippen molar-refractivity contribution in [1.29, 1.82) is 0 Å². The molecule has 2 aromatic carbocycles. The van der Waals surface area contributed by atoms with Gasteiger partial charge in [0.15, 0.2) is 23.7 Å². The molecule has 0 aliphatic carbocycles. The maximum absolute atomic E-state index is 11.9. The molecule has 0 aliphatic rings. The molecule has 1 N–H and O–H groups in total. The van der Waals surface area contributed by atoms with E-state index in [4.69, 9.17) is 13.9 Å². The van der Waals surface area contributed by atoms with Gasteiger partial charge in [-0.3, -0.25) is 4.79 Å². The van der Waals surface area contributed by atoms with Crippen LogP contribution in [0.25, 0.3) is 11.1 Å². The van der Waals surface area contributed by atoms with E-state index in [1.54, 1.807) is 19.2 Å². The van der Waals surface area contributed by atoms with Gasteiger partial charge in [-0.1, -0.05) is 24.3 Å². The number of nitrogens with zero attached hydrogens (tertiary/aromatic N) is 1. The second-order valence-corrected chi connectivity index (χ2v) is 4.79. The Labute approximate surface area is 133 Å². The van der Waals surface area contributed by atoms with E-state index in [9.17, 15) is 4.79 Å². The third-order valence-electron chi connectivity index (χ3n) is 3.20. The largest absolute Gasteiger partial charge is 0.493 e. The summed E-state index contributed by atoms with van der Waals surface area (Å²) in [7, 11) is 1.55. The Morgan fingerprint density at radius 1 is 1.13 bits per heavy atom. The van der Waals surface area contributed by atoms with E-state index in [1.165, 1.54) is 0 Å². The Kier molecular flexibility index (Phi) is 4.42. The van der Waals surface area contributed by atoms with Crippen LogP contribution < -0.4 is 14.8 Å². The molecule has 0 saturated heterocycles. The smallest absolute Gasteiger partial charge is 0.258 e. The summed E-state index contributed by atoms with van der Waals surface area (Å²) in [5.41, 5.74) is 1.46. The van der Waals surface area contributed by atoms with Crippen molar-refractivity contribution >= 4 is 17.0 Å². The number of methoxy groups -OCH3 is 1. The van der Waals surface area contributed by atoms with Gasteiger partial charge in [0.2, 0.25) is 5.89 Å². The van der Waals surface area contributed by atoms with Crippen LogP contribution in [0.3, 0.4) is 0 Å². The van der Waals surface area contributed by atoms with Crippen LogP contribution in [0.4, 0.5) is 0 Å². The number of fused-ring (bicyclic) bond motifs is 1. The van der Waals surface area contributed by atoms with Crippen LogP contribution >= 0.6 is 0 Å². The maximum atomic E-state index is 11.9. The highest BCUT2D eigenvalue weighted by molar-refractivity contribution is 5.77. The minimum Gasteiger partial charge on any atom is -0.493 e. The van der Waals surface area contributed by atoms with Crippen molar-refractivity contribution in [1.82, 2.24) is 10.3 Å². The van der Waals surface area contributed by atoms with Gasteiger partial charge in [0.1, 0.15) is 5.52 Å². The van der Waals surface area contributed by atoms with E-state index in [0.29, 0.717) is 23.0 Å². The highest BCUT2D eigenvalue weighted by Crippen LogP contribution is 2.25. The molecule has 0 atom stereocenters. The van der Waals surface area contributed by atoms with Crippen molar-refractivity contribution in [2.24, 2.45) is 0 Å². The molecule has 3 aromatic rings. The SMILES string of the molecule is COc1ccccc1OCC(=O)NCc1nc2ccccc2o1. The lowest BCUT2D eigenvalue weighted by Gasteiger charge is -2.09. The number of ether oxygens (including phenoxy) is 2. The second-order valence-electron chi connectivity index (χ2n) is 4.79. The van der Waals surface area contributed by atoms with Gasteiger partial charge in [0, 0.05) is 0 Å². The van der Waals surface area contributed by atoms with Crippen LogP contribution in [0.15, 0.2) is 52.9 Å². The minimum absolute atomic E-state index is 0.111. The Balaban J connectivity index is 1.53. The average Bonchev–Trinajstić information content (AvgIpc) is 3.01. The first-order chi connectivity index (χ1) is 11.3. The summed E-state index contributed by atoms with van der Waals surface area (Å²) in [6, 6.07) is 14.6. The van der Waals surface area contributed by atoms with E-state index in [0.717, 1.165) is 5.52 Å². The molecule has 1 heterocycles. The number of oxazole rings is 1. The summed E-state index contributed by atoms with van der Waals surface area (Å²) in [5, 5.41) is 2.71. The molecule has 0 bridgehead atoms. The second kappa shape index (κ2) is 6.83. The van der Waals surface area contributed by atoms with Crippen molar-refractivity contribution in [2.75, 3.05) is 13.7 Å². The fourth-order valence-corrected chi connectivity index (χ4v) is 2.10. The normalized spacial score (nSPS) is 10.5. The number of para-hydroxylation sites is 4. The molecule has 0 aliphatic heterocycles. The minimum atomic E-state index is -0.266. The number of hydrogen-bond donors (Lipinski definition) is 1. The molecule has 1 aromatic heterocycles. The molecule has 0 spiro atoms. The van der Waals surface area contributed by atoms with E-state index in [-0.39, 0.29) is 19.1 Å². The fourth-order valence-electron chi connectivity index (χ4n) is 2.10. The first-order valence-corrected chi connectivity index (χ1v) is 7.13. The lowest BCUT2D eigenvalue weighted by Crippen LogP contribution is -2.28. The third kappa shape index (κ3) is 3.60. The highest BCUT2D eigenvalue weighted by Gasteiger charge is 2.09. The first kappa shape index (κ1) is 14.9. The topological polar surface area (TPSA) is 73.6 Å². The average molecular weight is 312 g/mol. The quantitative estimate of drug-likeness (QED) is 0.757. The molecule has 6 heteroatoms. The Bertz CT molecular complexity index is 780. The monoisotopic (exact) mass is 312 g/mol. The molecule has 1 amide bonds. The zero-order valence-electron chi connectivity index (χ0n) is 12.6. The number of benzene rings is 2. The Morgan fingerprint density at radius 2 is 1.87 bits per heavy atom. The number of nitrogens with one attached hydrogen (secondary N) is 1. The van der Waals surface area contributed by atoms with Crippen molar-refractivity contribution in [3.63, 3.8) is 0 Å². The van der Waals surface area contributed by atoms with E-state index >= 15 is 0 Å². The van der Waals surface area contributed by atoms with Crippen LogP contribution in [0.1, 0.15) is 5.89 Å². The number of hydrogen-bond acceptors (Lipinski definition) is 5. The summed E-state index contributed by atoms with van der Waals surface area (Å²) < 4.78 is 16.1. The number of amides is 1. The molecule has 0 fully saturated rings. The summed E-state index contributed by atoms with van der Waals surface area (Å²) in [6.07, 6.45) is 0. The fraction of sp³-hybridized carbons (Fsp3) is 0.176. The summed E-state index contributed by atoms with van der Waals surface area (Å²) in [6.45, 7) is 0.101. The van der Waals surface area contributed by atoms with Crippen LogP contribution in [0.2, 0.25) is 0 Å². The predicted molar refractivity (Wildman–Crippen MR) is 84.3 cm³/mol. The number of rotatable bonds is 6. The molecule has 6 nitrogen and oxygen atoms in total. The number of carbonyl (C=O) groups is 1. The summed E-state index contributed by atoms with van der Waals surface area (Å²) in [4.78, 5) is 16.1. The zero-order chi connectivity index (χ0) is 16.1. The molecule has 3 rings (SSSR count). The third-order valence-corrected chi connectivity index (χ3v) is 3.20. The van der Waals surface area contributed by atoms with Gasteiger partial charge < -0.3 is 19.2 Å². The van der Waals surface area contributed by atoms with Gasteiger partial charge in [0.25, 0.3) is 5.91 Å². The van der Waals surface area contributed by atoms with E-state index in [1.807, 2.05) is 36.4 Å². The van der Waals surface area contributed by atoms with Crippen LogP contribution in [-0.4, -0.2) is 24.6 Å².